The summed E-state index contributed by atoms with van der Waals surface area (Å²) < 4.78 is 8.80. The third kappa shape index (κ3) is 3.63. The fourth-order valence-electron chi connectivity index (χ4n) is 3.01. The monoisotopic (exact) mass is 397 g/mol. The fourth-order valence-corrected chi connectivity index (χ4v) is 3.79. The van der Waals surface area contributed by atoms with Crippen LogP contribution in [0.3, 0.4) is 0 Å². The minimum Gasteiger partial charge on any atom is -0.459 e. The number of aryl methyl sites for hydroxylation is 3. The Labute approximate surface area is 165 Å². The van der Waals surface area contributed by atoms with Gasteiger partial charge in [0, 0.05) is 42.0 Å². The highest BCUT2D eigenvalue weighted by Crippen LogP contribution is 2.23. The first-order valence-corrected chi connectivity index (χ1v) is 9.64. The van der Waals surface area contributed by atoms with E-state index in [0.29, 0.717) is 12.2 Å². The van der Waals surface area contributed by atoms with Crippen LogP contribution in [0.25, 0.3) is 16.3 Å². The molecular weight excluding hydrogens is 378 g/mol. The molecule has 0 atom stereocenters. The van der Waals surface area contributed by atoms with Crippen LogP contribution in [0.2, 0.25) is 0 Å². The van der Waals surface area contributed by atoms with Gasteiger partial charge < -0.3 is 4.74 Å². The molecule has 0 aliphatic carbocycles. The van der Waals surface area contributed by atoms with Crippen molar-refractivity contribution in [1.82, 2.24) is 34.3 Å². The van der Waals surface area contributed by atoms with Gasteiger partial charge in [0.2, 0.25) is 0 Å². The van der Waals surface area contributed by atoms with Crippen molar-refractivity contribution in [2.75, 3.05) is 0 Å². The molecule has 0 unspecified atom stereocenters. The van der Waals surface area contributed by atoms with Crippen molar-refractivity contribution in [3.8, 4) is 10.6 Å². The molecule has 0 radical (unpaired) electrons. The zero-order valence-corrected chi connectivity index (χ0v) is 16.6. The second kappa shape index (κ2) is 7.47. The minimum atomic E-state index is -0.270. The number of hydrogen-bond acceptors (Lipinski definition) is 8. The van der Waals surface area contributed by atoms with Crippen molar-refractivity contribution < 1.29 is 9.53 Å². The molecule has 4 rings (SSSR count). The summed E-state index contributed by atoms with van der Waals surface area (Å²) in [5, 5.41) is 11.1. The van der Waals surface area contributed by atoms with Gasteiger partial charge in [-0.1, -0.05) is 0 Å². The average molecular weight is 397 g/mol. The molecular formula is C18H19N7O2S. The Morgan fingerprint density at radius 1 is 1.25 bits per heavy atom. The fraction of sp³-hybridized carbons (Fsp3) is 0.333. The Morgan fingerprint density at radius 2 is 2.11 bits per heavy atom. The van der Waals surface area contributed by atoms with E-state index in [4.69, 9.17) is 4.74 Å². The highest BCUT2D eigenvalue weighted by molar-refractivity contribution is 7.13. The van der Waals surface area contributed by atoms with Gasteiger partial charge in [0.25, 0.3) is 5.78 Å². The Bertz CT molecular complexity index is 1140. The van der Waals surface area contributed by atoms with Crippen molar-refractivity contribution in [2.24, 2.45) is 7.05 Å². The number of esters is 1. The summed E-state index contributed by atoms with van der Waals surface area (Å²) in [5.74, 6) is 0.294. The molecule has 4 aromatic heterocycles. The zero-order valence-electron chi connectivity index (χ0n) is 15.8. The van der Waals surface area contributed by atoms with E-state index < -0.39 is 0 Å². The number of carbonyl (C=O) groups is 1. The lowest BCUT2D eigenvalue weighted by Gasteiger charge is -2.10. The number of carbonyl (C=O) groups excluding carboxylic acids is 1. The number of aromatic nitrogens is 7. The maximum Gasteiger partial charge on any atom is 0.306 e. The molecule has 0 bridgehead atoms. The van der Waals surface area contributed by atoms with Gasteiger partial charge in [0.15, 0.2) is 0 Å². The molecule has 0 aliphatic rings. The van der Waals surface area contributed by atoms with Gasteiger partial charge in [-0.25, -0.2) is 14.5 Å². The lowest BCUT2D eigenvalue weighted by Crippen LogP contribution is -2.10. The molecule has 0 saturated heterocycles. The summed E-state index contributed by atoms with van der Waals surface area (Å²) in [7, 11) is 1.86. The van der Waals surface area contributed by atoms with Crippen molar-refractivity contribution >= 4 is 23.1 Å². The van der Waals surface area contributed by atoms with Crippen LogP contribution in [0.1, 0.15) is 29.1 Å². The molecule has 4 heterocycles. The quantitative estimate of drug-likeness (QED) is 0.460. The van der Waals surface area contributed by atoms with Crippen molar-refractivity contribution in [3.05, 3.63) is 46.7 Å². The Kier molecular flexibility index (Phi) is 4.86. The molecule has 0 saturated carbocycles. The predicted octanol–water partition coefficient (Wildman–Crippen LogP) is 2.27. The van der Waals surface area contributed by atoms with Gasteiger partial charge in [-0.3, -0.25) is 9.48 Å². The Morgan fingerprint density at radius 3 is 2.89 bits per heavy atom. The summed E-state index contributed by atoms with van der Waals surface area (Å²) in [6, 6.07) is 0. The van der Waals surface area contributed by atoms with Crippen molar-refractivity contribution in [2.45, 2.75) is 33.3 Å². The first-order chi connectivity index (χ1) is 13.5. The minimum absolute atomic E-state index is 0.161. The number of rotatable bonds is 6. The molecule has 4 aromatic rings. The summed E-state index contributed by atoms with van der Waals surface area (Å²) in [6.07, 6.45) is 5.94. The molecule has 10 heteroatoms. The van der Waals surface area contributed by atoms with Crippen LogP contribution in [0.15, 0.2) is 24.1 Å². The standard InChI is InChI=1S/C18H19N7O2S/c1-11-15(12(2)25-18(22-11)19-10-21-25)4-5-16(26)27-8-14-9-28-17(23-14)13-6-20-24(3)7-13/h6-7,9-10H,4-5,8H2,1-3H3. The van der Waals surface area contributed by atoms with E-state index in [-0.39, 0.29) is 19.0 Å². The average Bonchev–Trinajstić information content (AvgIpc) is 3.40. The maximum atomic E-state index is 12.2. The molecule has 28 heavy (non-hydrogen) atoms. The second-order valence-electron chi connectivity index (χ2n) is 6.44. The van der Waals surface area contributed by atoms with E-state index in [2.05, 4.69) is 25.1 Å². The molecule has 144 valence electrons. The SMILES string of the molecule is Cc1nc2ncnn2c(C)c1CCC(=O)OCc1csc(-c2cnn(C)c2)n1. The third-order valence-electron chi connectivity index (χ3n) is 4.45. The van der Waals surface area contributed by atoms with Gasteiger partial charge >= 0.3 is 5.97 Å². The van der Waals surface area contributed by atoms with Crippen LogP contribution < -0.4 is 0 Å². The number of nitrogens with zero attached hydrogens (tertiary/aromatic N) is 7. The van der Waals surface area contributed by atoms with Gasteiger partial charge in [-0.05, 0) is 25.8 Å². The van der Waals surface area contributed by atoms with Crippen LogP contribution in [0.4, 0.5) is 0 Å². The highest BCUT2D eigenvalue weighted by Gasteiger charge is 2.14. The highest BCUT2D eigenvalue weighted by atomic mass is 32.1. The van der Waals surface area contributed by atoms with Crippen LogP contribution in [0.5, 0.6) is 0 Å². The molecule has 0 fully saturated rings. The molecule has 0 aliphatic heterocycles. The summed E-state index contributed by atoms with van der Waals surface area (Å²) >= 11 is 1.50. The van der Waals surface area contributed by atoms with Gasteiger partial charge in [-0.15, -0.1) is 11.3 Å². The normalized spacial score (nSPS) is 11.2. The molecule has 0 spiro atoms. The van der Waals surface area contributed by atoms with E-state index >= 15 is 0 Å². The smallest absolute Gasteiger partial charge is 0.306 e. The number of thiazole rings is 1. The van der Waals surface area contributed by atoms with E-state index in [0.717, 1.165) is 33.2 Å². The zero-order chi connectivity index (χ0) is 19.7. The van der Waals surface area contributed by atoms with Crippen LogP contribution in [0, 0.1) is 13.8 Å². The van der Waals surface area contributed by atoms with Crippen LogP contribution in [-0.4, -0.2) is 40.3 Å². The van der Waals surface area contributed by atoms with E-state index in [1.807, 2.05) is 32.5 Å². The number of hydrogen-bond donors (Lipinski definition) is 0. The van der Waals surface area contributed by atoms with Crippen molar-refractivity contribution in [1.29, 1.82) is 0 Å². The Hall–Kier alpha value is -3.14. The lowest BCUT2D eigenvalue weighted by molar-refractivity contribution is -0.145. The Balaban J connectivity index is 1.35. The third-order valence-corrected chi connectivity index (χ3v) is 5.39. The number of ether oxygens (including phenoxy) is 1. The predicted molar refractivity (Wildman–Crippen MR) is 103 cm³/mol. The molecule has 0 amide bonds. The summed E-state index contributed by atoms with van der Waals surface area (Å²) in [5.41, 5.74) is 4.46. The number of fused-ring (bicyclic) bond motifs is 1. The summed E-state index contributed by atoms with van der Waals surface area (Å²) in [6.45, 7) is 4.03. The first-order valence-electron chi connectivity index (χ1n) is 8.76. The van der Waals surface area contributed by atoms with Gasteiger partial charge in [0.05, 0.1) is 11.9 Å². The summed E-state index contributed by atoms with van der Waals surface area (Å²) in [4.78, 5) is 25.2. The first kappa shape index (κ1) is 18.2. The maximum absolute atomic E-state index is 12.2. The van der Waals surface area contributed by atoms with Crippen LogP contribution >= 0.6 is 11.3 Å². The second-order valence-corrected chi connectivity index (χ2v) is 7.30. The van der Waals surface area contributed by atoms with E-state index in [9.17, 15) is 4.79 Å². The molecule has 0 aromatic carbocycles. The van der Waals surface area contributed by atoms with Crippen molar-refractivity contribution in [3.63, 3.8) is 0 Å². The van der Waals surface area contributed by atoms with E-state index in [1.165, 1.54) is 17.7 Å². The molecule has 0 N–H and O–H groups in total. The van der Waals surface area contributed by atoms with Crippen LogP contribution in [-0.2, 0) is 29.6 Å². The largest absolute Gasteiger partial charge is 0.459 e. The van der Waals surface area contributed by atoms with Gasteiger partial charge in [0.1, 0.15) is 17.9 Å². The molecule has 9 nitrogen and oxygen atoms in total. The van der Waals surface area contributed by atoms with Gasteiger partial charge in [-0.2, -0.15) is 15.2 Å². The van der Waals surface area contributed by atoms with E-state index in [1.54, 1.807) is 15.4 Å². The lowest BCUT2D eigenvalue weighted by atomic mass is 10.1. The topological polar surface area (TPSA) is 100 Å².